The van der Waals surface area contributed by atoms with Crippen molar-refractivity contribution in [1.82, 2.24) is 0 Å². The van der Waals surface area contributed by atoms with Crippen LogP contribution in [0.3, 0.4) is 0 Å². The van der Waals surface area contributed by atoms with Crippen molar-refractivity contribution < 1.29 is 22.7 Å². The van der Waals surface area contributed by atoms with Crippen LogP contribution in [0.15, 0.2) is 72.8 Å². The van der Waals surface area contributed by atoms with Crippen molar-refractivity contribution in [3.63, 3.8) is 0 Å². The quantitative estimate of drug-likeness (QED) is 0.582. The van der Waals surface area contributed by atoms with Gasteiger partial charge in [-0.2, -0.15) is 13.2 Å². The van der Waals surface area contributed by atoms with Crippen molar-refractivity contribution in [2.45, 2.75) is 19.2 Å². The zero-order chi connectivity index (χ0) is 21.1. The molecule has 1 aliphatic heterocycles. The third kappa shape index (κ3) is 4.40. The van der Waals surface area contributed by atoms with Gasteiger partial charge in [0.25, 0.3) is 0 Å². The Morgan fingerprint density at radius 3 is 2.57 bits per heavy atom. The SMILES string of the molecule is O=C(Nc1cccc(C(F)(F)F)c1)N1CCc2cc(OCc3ccccc3)ccc21. The molecule has 0 saturated heterocycles. The van der Waals surface area contributed by atoms with Crippen LogP contribution < -0.4 is 15.0 Å². The van der Waals surface area contributed by atoms with Crippen LogP contribution in [0.4, 0.5) is 29.3 Å². The monoisotopic (exact) mass is 412 g/mol. The van der Waals surface area contributed by atoms with E-state index in [2.05, 4.69) is 5.32 Å². The largest absolute Gasteiger partial charge is 0.489 e. The van der Waals surface area contributed by atoms with Gasteiger partial charge in [0.2, 0.25) is 0 Å². The molecule has 4 nitrogen and oxygen atoms in total. The third-order valence-electron chi connectivity index (χ3n) is 4.88. The number of benzene rings is 3. The molecule has 1 heterocycles. The lowest BCUT2D eigenvalue weighted by atomic mass is 10.1. The summed E-state index contributed by atoms with van der Waals surface area (Å²) in [5.41, 5.74) is 2.04. The van der Waals surface area contributed by atoms with Gasteiger partial charge in [-0.05, 0) is 53.9 Å². The Morgan fingerprint density at radius 1 is 1.00 bits per heavy atom. The Balaban J connectivity index is 1.43. The van der Waals surface area contributed by atoms with Crippen LogP contribution in [0.25, 0.3) is 0 Å². The topological polar surface area (TPSA) is 41.6 Å². The molecule has 30 heavy (non-hydrogen) atoms. The molecule has 0 radical (unpaired) electrons. The molecule has 2 amide bonds. The summed E-state index contributed by atoms with van der Waals surface area (Å²) in [5, 5.41) is 2.55. The van der Waals surface area contributed by atoms with Gasteiger partial charge in [-0.15, -0.1) is 0 Å². The fraction of sp³-hybridized carbons (Fsp3) is 0.174. The van der Waals surface area contributed by atoms with E-state index in [1.54, 1.807) is 12.1 Å². The average molecular weight is 412 g/mol. The molecule has 0 spiro atoms. The van der Waals surface area contributed by atoms with Crippen LogP contribution in [0.2, 0.25) is 0 Å². The minimum Gasteiger partial charge on any atom is -0.489 e. The highest BCUT2D eigenvalue weighted by molar-refractivity contribution is 6.03. The summed E-state index contributed by atoms with van der Waals surface area (Å²) < 4.78 is 44.5. The summed E-state index contributed by atoms with van der Waals surface area (Å²) in [4.78, 5) is 14.2. The number of fused-ring (bicyclic) bond motifs is 1. The van der Waals surface area contributed by atoms with Crippen LogP contribution in [-0.4, -0.2) is 12.6 Å². The lowest BCUT2D eigenvalue weighted by Gasteiger charge is -2.19. The molecule has 3 aromatic carbocycles. The summed E-state index contributed by atoms with van der Waals surface area (Å²) in [7, 11) is 0. The first kappa shape index (κ1) is 19.8. The Labute approximate surface area is 171 Å². The number of nitrogens with zero attached hydrogens (tertiary/aromatic N) is 1. The van der Waals surface area contributed by atoms with Crippen LogP contribution in [0, 0.1) is 0 Å². The highest BCUT2D eigenvalue weighted by Crippen LogP contribution is 2.33. The first-order chi connectivity index (χ1) is 14.4. The number of carbonyl (C=O) groups is 1. The minimum absolute atomic E-state index is 0.103. The maximum Gasteiger partial charge on any atom is 0.416 e. The lowest BCUT2D eigenvalue weighted by Crippen LogP contribution is -2.33. The summed E-state index contributed by atoms with van der Waals surface area (Å²) >= 11 is 0. The molecule has 154 valence electrons. The van der Waals surface area contributed by atoms with Crippen LogP contribution >= 0.6 is 0 Å². The van der Waals surface area contributed by atoms with E-state index < -0.39 is 17.8 Å². The predicted octanol–water partition coefficient (Wildman–Crippen LogP) is 5.88. The highest BCUT2D eigenvalue weighted by atomic mass is 19.4. The Hall–Kier alpha value is -3.48. The molecule has 0 aliphatic carbocycles. The lowest BCUT2D eigenvalue weighted by molar-refractivity contribution is -0.137. The van der Waals surface area contributed by atoms with Crippen molar-refractivity contribution in [3.8, 4) is 5.75 Å². The molecule has 0 bridgehead atoms. The van der Waals surface area contributed by atoms with Gasteiger partial charge in [0.05, 0.1) is 5.56 Å². The number of alkyl halides is 3. The number of amides is 2. The first-order valence-electron chi connectivity index (χ1n) is 9.45. The van der Waals surface area contributed by atoms with Gasteiger partial charge in [-0.1, -0.05) is 36.4 Å². The molecule has 0 aromatic heterocycles. The standard InChI is InChI=1S/C23H19F3N2O2/c24-23(25,26)18-7-4-8-19(14-18)27-22(29)28-12-11-17-13-20(9-10-21(17)28)30-15-16-5-2-1-3-6-16/h1-10,13-14H,11-12,15H2,(H,27,29). The van der Waals surface area contributed by atoms with E-state index in [0.717, 1.165) is 28.9 Å². The van der Waals surface area contributed by atoms with E-state index in [0.29, 0.717) is 25.3 Å². The second kappa shape index (κ2) is 8.10. The summed E-state index contributed by atoms with van der Waals surface area (Å²) in [6, 6.07) is 19.4. The van der Waals surface area contributed by atoms with Crippen molar-refractivity contribution in [1.29, 1.82) is 0 Å². The molecule has 1 aliphatic rings. The van der Waals surface area contributed by atoms with E-state index in [4.69, 9.17) is 4.74 Å². The zero-order valence-electron chi connectivity index (χ0n) is 15.9. The van der Waals surface area contributed by atoms with Gasteiger partial charge in [0.15, 0.2) is 0 Å². The fourth-order valence-electron chi connectivity index (χ4n) is 3.38. The first-order valence-corrected chi connectivity index (χ1v) is 9.45. The van der Waals surface area contributed by atoms with E-state index in [9.17, 15) is 18.0 Å². The number of anilines is 2. The van der Waals surface area contributed by atoms with Crippen LogP contribution in [0.5, 0.6) is 5.75 Å². The normalized spacial score (nSPS) is 13.1. The maximum absolute atomic E-state index is 12.9. The van der Waals surface area contributed by atoms with Crippen LogP contribution in [-0.2, 0) is 19.2 Å². The summed E-state index contributed by atoms with van der Waals surface area (Å²) in [5.74, 6) is 0.706. The molecule has 0 saturated carbocycles. The number of halogens is 3. The number of nitrogens with one attached hydrogen (secondary N) is 1. The Kier molecular flexibility index (Phi) is 5.35. The minimum atomic E-state index is -4.46. The molecular weight excluding hydrogens is 393 g/mol. The smallest absolute Gasteiger partial charge is 0.416 e. The predicted molar refractivity (Wildman–Crippen MR) is 109 cm³/mol. The third-order valence-corrected chi connectivity index (χ3v) is 4.88. The van der Waals surface area contributed by atoms with Gasteiger partial charge >= 0.3 is 12.2 Å². The van der Waals surface area contributed by atoms with Gasteiger partial charge in [-0.3, -0.25) is 4.90 Å². The molecule has 0 atom stereocenters. The van der Waals surface area contributed by atoms with Gasteiger partial charge in [-0.25, -0.2) is 4.79 Å². The van der Waals surface area contributed by atoms with Crippen molar-refractivity contribution >= 4 is 17.4 Å². The summed E-state index contributed by atoms with van der Waals surface area (Å²) in [6.45, 7) is 0.891. The number of urea groups is 1. The van der Waals surface area contributed by atoms with Crippen molar-refractivity contribution in [2.75, 3.05) is 16.8 Å². The molecule has 7 heteroatoms. The van der Waals surface area contributed by atoms with E-state index in [-0.39, 0.29) is 5.69 Å². The Bertz CT molecular complexity index is 1050. The maximum atomic E-state index is 12.9. The van der Waals surface area contributed by atoms with E-state index in [1.807, 2.05) is 36.4 Å². The zero-order valence-corrected chi connectivity index (χ0v) is 15.9. The summed E-state index contributed by atoms with van der Waals surface area (Å²) in [6.07, 6.45) is -3.81. The second-order valence-corrected chi connectivity index (χ2v) is 6.98. The number of hydrogen-bond donors (Lipinski definition) is 1. The van der Waals surface area contributed by atoms with Gasteiger partial charge < -0.3 is 10.1 Å². The molecular formula is C23H19F3N2O2. The number of carbonyl (C=O) groups excluding carboxylic acids is 1. The highest BCUT2D eigenvalue weighted by Gasteiger charge is 2.31. The van der Waals surface area contributed by atoms with Gasteiger partial charge in [0, 0.05) is 17.9 Å². The van der Waals surface area contributed by atoms with Crippen molar-refractivity contribution in [2.24, 2.45) is 0 Å². The fourth-order valence-corrected chi connectivity index (χ4v) is 3.38. The van der Waals surface area contributed by atoms with E-state index in [1.165, 1.54) is 17.0 Å². The van der Waals surface area contributed by atoms with Crippen LogP contribution in [0.1, 0.15) is 16.7 Å². The Morgan fingerprint density at radius 2 is 1.80 bits per heavy atom. The van der Waals surface area contributed by atoms with E-state index >= 15 is 0 Å². The molecule has 4 rings (SSSR count). The molecule has 0 unspecified atom stereocenters. The average Bonchev–Trinajstić information content (AvgIpc) is 3.16. The number of rotatable bonds is 4. The second-order valence-electron chi connectivity index (χ2n) is 6.98. The van der Waals surface area contributed by atoms with Gasteiger partial charge in [0.1, 0.15) is 12.4 Å². The molecule has 0 fully saturated rings. The molecule has 3 aromatic rings. The van der Waals surface area contributed by atoms with Crippen molar-refractivity contribution in [3.05, 3.63) is 89.5 Å². The molecule has 1 N–H and O–H groups in total. The number of hydrogen-bond acceptors (Lipinski definition) is 2. The number of ether oxygens (including phenoxy) is 1.